The van der Waals surface area contributed by atoms with Crippen molar-refractivity contribution in [1.29, 1.82) is 0 Å². The highest BCUT2D eigenvalue weighted by Crippen LogP contribution is 2.47. The fraction of sp³-hybridized carbons (Fsp3) is 1.00. The zero-order valence-electron chi connectivity index (χ0n) is 9.51. The van der Waals surface area contributed by atoms with E-state index in [1.54, 1.807) is 6.42 Å². The molecule has 0 aromatic heterocycles. The van der Waals surface area contributed by atoms with E-state index in [1.807, 2.05) is 0 Å². The molecule has 0 radical (unpaired) electrons. The van der Waals surface area contributed by atoms with Crippen molar-refractivity contribution in [2.45, 2.75) is 46.0 Å². The van der Waals surface area contributed by atoms with Gasteiger partial charge < -0.3 is 0 Å². The average Bonchev–Trinajstić information content (AvgIpc) is 2.71. The van der Waals surface area contributed by atoms with Crippen molar-refractivity contribution in [2.75, 3.05) is 4.43 Å². The van der Waals surface area contributed by atoms with Crippen LogP contribution >= 0.6 is 22.6 Å². The zero-order valence-corrected chi connectivity index (χ0v) is 11.7. The van der Waals surface area contributed by atoms with E-state index in [2.05, 4.69) is 36.4 Å². The first-order chi connectivity index (χ1) is 6.72. The molecule has 0 amide bonds. The quantitative estimate of drug-likeness (QED) is 0.520. The standard InChI is InChI=1S/C13H23I/c1-9-4-3-5-13(9)11-6-10(2)12(7-11)8-14/h9-13H,3-8H2,1-2H3. The van der Waals surface area contributed by atoms with Gasteiger partial charge in [-0.1, -0.05) is 49.3 Å². The van der Waals surface area contributed by atoms with Gasteiger partial charge in [-0.25, -0.2) is 0 Å². The van der Waals surface area contributed by atoms with Crippen LogP contribution in [0.2, 0.25) is 0 Å². The van der Waals surface area contributed by atoms with Gasteiger partial charge in [-0.15, -0.1) is 0 Å². The minimum atomic E-state index is 1.00. The molecule has 2 fully saturated rings. The van der Waals surface area contributed by atoms with Gasteiger partial charge in [0.15, 0.2) is 0 Å². The summed E-state index contributed by atoms with van der Waals surface area (Å²) in [5, 5.41) is 0. The average molecular weight is 306 g/mol. The predicted molar refractivity (Wildman–Crippen MR) is 70.8 cm³/mol. The number of rotatable bonds is 2. The van der Waals surface area contributed by atoms with Crippen LogP contribution in [0.1, 0.15) is 46.0 Å². The molecule has 82 valence electrons. The summed E-state index contributed by atoms with van der Waals surface area (Å²) >= 11 is 2.58. The molecule has 0 aliphatic heterocycles. The highest BCUT2D eigenvalue weighted by atomic mass is 127. The molecule has 2 rings (SSSR count). The van der Waals surface area contributed by atoms with E-state index in [1.165, 1.54) is 30.1 Å². The van der Waals surface area contributed by atoms with Crippen LogP contribution in [-0.4, -0.2) is 4.43 Å². The van der Waals surface area contributed by atoms with Gasteiger partial charge in [0, 0.05) is 4.43 Å². The van der Waals surface area contributed by atoms with Gasteiger partial charge in [0.1, 0.15) is 0 Å². The van der Waals surface area contributed by atoms with Crippen LogP contribution in [0.15, 0.2) is 0 Å². The van der Waals surface area contributed by atoms with Crippen molar-refractivity contribution < 1.29 is 0 Å². The zero-order chi connectivity index (χ0) is 10.1. The summed E-state index contributed by atoms with van der Waals surface area (Å²) in [5.74, 6) is 5.24. The van der Waals surface area contributed by atoms with E-state index in [0.29, 0.717) is 0 Å². The monoisotopic (exact) mass is 306 g/mol. The lowest BCUT2D eigenvalue weighted by atomic mass is 9.83. The van der Waals surface area contributed by atoms with Gasteiger partial charge in [-0.05, 0) is 48.9 Å². The predicted octanol–water partition coefficient (Wildman–Crippen LogP) is 4.52. The highest BCUT2D eigenvalue weighted by Gasteiger charge is 2.38. The number of hydrogen-bond acceptors (Lipinski definition) is 0. The van der Waals surface area contributed by atoms with Crippen molar-refractivity contribution in [3.05, 3.63) is 0 Å². The second kappa shape index (κ2) is 4.71. The first-order valence-corrected chi connectivity index (χ1v) is 7.81. The van der Waals surface area contributed by atoms with Crippen molar-refractivity contribution in [1.82, 2.24) is 0 Å². The first kappa shape index (κ1) is 11.2. The Balaban J connectivity index is 1.94. The van der Waals surface area contributed by atoms with Crippen LogP contribution < -0.4 is 0 Å². The molecular weight excluding hydrogens is 283 g/mol. The molecule has 0 nitrogen and oxygen atoms in total. The molecule has 0 N–H and O–H groups in total. The molecule has 0 heterocycles. The Morgan fingerprint density at radius 3 is 2.36 bits per heavy atom. The van der Waals surface area contributed by atoms with E-state index in [4.69, 9.17) is 0 Å². The molecule has 14 heavy (non-hydrogen) atoms. The summed E-state index contributed by atoms with van der Waals surface area (Å²) in [6, 6.07) is 0. The Morgan fingerprint density at radius 2 is 1.86 bits per heavy atom. The summed E-state index contributed by atoms with van der Waals surface area (Å²) < 4.78 is 1.39. The molecule has 0 aromatic rings. The van der Waals surface area contributed by atoms with E-state index in [-0.39, 0.29) is 0 Å². The Bertz CT molecular complexity index is 190. The van der Waals surface area contributed by atoms with Gasteiger partial charge in [0.05, 0.1) is 0 Å². The molecule has 0 aromatic carbocycles. The van der Waals surface area contributed by atoms with E-state index in [0.717, 1.165) is 29.6 Å². The van der Waals surface area contributed by atoms with Crippen molar-refractivity contribution in [3.8, 4) is 0 Å². The van der Waals surface area contributed by atoms with Crippen LogP contribution in [-0.2, 0) is 0 Å². The maximum Gasteiger partial charge on any atom is 0.00263 e. The summed E-state index contributed by atoms with van der Waals surface area (Å²) in [7, 11) is 0. The topological polar surface area (TPSA) is 0 Å². The largest absolute Gasteiger partial charge is 0.0861 e. The summed E-state index contributed by atoms with van der Waals surface area (Å²) in [6.45, 7) is 4.96. The molecule has 0 spiro atoms. The Hall–Kier alpha value is 0.730. The normalized spacial score (nSPS) is 48.6. The SMILES string of the molecule is CC1CC(C2CCCC2C)CC1CI. The Labute approximate surface area is 102 Å². The lowest BCUT2D eigenvalue weighted by molar-refractivity contribution is 0.272. The number of alkyl halides is 1. The molecule has 2 saturated carbocycles. The second-order valence-corrected chi connectivity index (χ2v) is 6.58. The maximum atomic E-state index is 2.58. The lowest BCUT2D eigenvalue weighted by Crippen LogP contribution is -2.14. The van der Waals surface area contributed by atoms with E-state index < -0.39 is 0 Å². The maximum absolute atomic E-state index is 2.58. The van der Waals surface area contributed by atoms with E-state index in [9.17, 15) is 0 Å². The third-order valence-electron chi connectivity index (χ3n) is 4.82. The Kier molecular flexibility index (Phi) is 3.78. The van der Waals surface area contributed by atoms with Crippen molar-refractivity contribution >= 4 is 22.6 Å². The molecule has 0 bridgehead atoms. The number of hydrogen-bond donors (Lipinski definition) is 0. The van der Waals surface area contributed by atoms with Crippen LogP contribution in [0.3, 0.4) is 0 Å². The van der Waals surface area contributed by atoms with Gasteiger partial charge in [0.25, 0.3) is 0 Å². The van der Waals surface area contributed by atoms with Gasteiger partial charge in [0.2, 0.25) is 0 Å². The van der Waals surface area contributed by atoms with Gasteiger partial charge in [-0.3, -0.25) is 0 Å². The minimum absolute atomic E-state index is 1.00. The second-order valence-electron chi connectivity index (χ2n) is 5.70. The molecule has 0 saturated heterocycles. The van der Waals surface area contributed by atoms with E-state index >= 15 is 0 Å². The van der Waals surface area contributed by atoms with Gasteiger partial charge >= 0.3 is 0 Å². The summed E-state index contributed by atoms with van der Waals surface area (Å²) in [5.41, 5.74) is 0. The van der Waals surface area contributed by atoms with Crippen molar-refractivity contribution in [2.24, 2.45) is 29.6 Å². The fourth-order valence-electron chi connectivity index (χ4n) is 3.83. The van der Waals surface area contributed by atoms with Crippen LogP contribution in [0, 0.1) is 29.6 Å². The molecular formula is C13H23I. The third kappa shape index (κ3) is 2.12. The first-order valence-electron chi connectivity index (χ1n) is 6.28. The third-order valence-corrected chi connectivity index (χ3v) is 5.95. The van der Waals surface area contributed by atoms with Gasteiger partial charge in [-0.2, -0.15) is 0 Å². The number of halogens is 1. The highest BCUT2D eigenvalue weighted by molar-refractivity contribution is 14.1. The minimum Gasteiger partial charge on any atom is -0.0861 e. The van der Waals surface area contributed by atoms with Crippen LogP contribution in [0.4, 0.5) is 0 Å². The fourth-order valence-corrected chi connectivity index (χ4v) is 5.05. The molecule has 2 aliphatic carbocycles. The molecule has 5 unspecified atom stereocenters. The molecule has 2 aliphatic rings. The smallest absolute Gasteiger partial charge is 0.00263 e. The summed E-state index contributed by atoms with van der Waals surface area (Å²) in [4.78, 5) is 0. The van der Waals surface area contributed by atoms with Crippen LogP contribution in [0.25, 0.3) is 0 Å². The Morgan fingerprint density at radius 1 is 1.07 bits per heavy atom. The van der Waals surface area contributed by atoms with Crippen LogP contribution in [0.5, 0.6) is 0 Å². The molecule has 1 heteroatoms. The molecule has 5 atom stereocenters. The summed E-state index contributed by atoms with van der Waals surface area (Å²) in [6.07, 6.45) is 7.62. The van der Waals surface area contributed by atoms with Crippen molar-refractivity contribution in [3.63, 3.8) is 0 Å². The lowest BCUT2D eigenvalue weighted by Gasteiger charge is -2.22.